The van der Waals surface area contributed by atoms with E-state index in [-0.39, 0.29) is 49.3 Å². The van der Waals surface area contributed by atoms with Crippen LogP contribution in [0.1, 0.15) is 22.6 Å². The summed E-state index contributed by atoms with van der Waals surface area (Å²) in [5, 5.41) is 3.72. The fourth-order valence-electron chi connectivity index (χ4n) is 5.99. The van der Waals surface area contributed by atoms with Crippen LogP contribution < -0.4 is 10.1 Å². The van der Waals surface area contributed by atoms with Crippen LogP contribution in [0.3, 0.4) is 0 Å². The zero-order valence-corrected chi connectivity index (χ0v) is 26.8. The Morgan fingerprint density at radius 3 is 2.21 bits per heavy atom. The lowest BCUT2D eigenvalue weighted by Crippen LogP contribution is -2.61. The van der Waals surface area contributed by atoms with Crippen molar-refractivity contribution in [2.24, 2.45) is 0 Å². The van der Waals surface area contributed by atoms with Gasteiger partial charge in [-0.2, -0.15) is 4.31 Å². The molecular formula is C37H36N4O5S. The maximum absolute atomic E-state index is 14.2. The molecular weight excluding hydrogens is 612 g/mol. The molecule has 1 fully saturated rings. The molecule has 2 amide bonds. The van der Waals surface area contributed by atoms with Gasteiger partial charge < -0.3 is 15.0 Å². The van der Waals surface area contributed by atoms with Gasteiger partial charge in [0.25, 0.3) is 0 Å². The van der Waals surface area contributed by atoms with Crippen LogP contribution in [0.4, 0.5) is 0 Å². The number of nitrogens with zero attached hydrogens (tertiary/aromatic N) is 3. The number of methoxy groups -OCH3 is 1. The third-order valence-corrected chi connectivity index (χ3v) is 10.5. The first-order chi connectivity index (χ1) is 22.8. The van der Waals surface area contributed by atoms with E-state index in [1.165, 1.54) is 10.4 Å². The maximum atomic E-state index is 14.2. The van der Waals surface area contributed by atoms with E-state index in [0.29, 0.717) is 16.7 Å². The number of carbonyl (C=O) groups excluding carboxylic acids is 2. The van der Waals surface area contributed by atoms with E-state index in [0.717, 1.165) is 16.7 Å². The van der Waals surface area contributed by atoms with E-state index in [9.17, 15) is 18.0 Å². The number of piperazine rings is 1. The number of hydrogen-bond donors (Lipinski definition) is 1. The molecule has 5 aromatic rings. The summed E-state index contributed by atoms with van der Waals surface area (Å²) in [4.78, 5) is 33.5. The number of ether oxygens (including phenoxy) is 1. The number of benzene rings is 4. The topological polar surface area (TPSA) is 109 Å². The lowest BCUT2D eigenvalue weighted by molar-refractivity contribution is -0.135. The maximum Gasteiger partial charge on any atom is 0.243 e. The SMILES string of the molecule is COc1ccc(CC(=O)N2CCN(S(=O)(=O)c3ccc4ncccc4c3)C(C(=O)NCC(c3ccccc3)c3ccccc3)C2)cc1. The Hall–Kier alpha value is -5.06. The summed E-state index contributed by atoms with van der Waals surface area (Å²) in [6, 6.07) is 34.1. The summed E-state index contributed by atoms with van der Waals surface area (Å²) >= 11 is 0. The van der Waals surface area contributed by atoms with E-state index in [2.05, 4.69) is 10.3 Å². The molecule has 1 aliphatic rings. The van der Waals surface area contributed by atoms with Crippen molar-refractivity contribution in [2.75, 3.05) is 33.3 Å². The molecule has 1 N–H and O–H groups in total. The second-order valence-corrected chi connectivity index (χ2v) is 13.4. The van der Waals surface area contributed by atoms with Crippen molar-refractivity contribution in [3.8, 4) is 5.75 Å². The van der Waals surface area contributed by atoms with Crippen molar-refractivity contribution >= 4 is 32.7 Å². The zero-order chi connectivity index (χ0) is 32.8. The third kappa shape index (κ3) is 7.19. The molecule has 1 aliphatic heterocycles. The minimum absolute atomic E-state index is 0.0271. The number of fused-ring (bicyclic) bond motifs is 1. The Morgan fingerprint density at radius 2 is 1.55 bits per heavy atom. The van der Waals surface area contributed by atoms with Crippen molar-refractivity contribution in [1.29, 1.82) is 0 Å². The Morgan fingerprint density at radius 1 is 0.872 bits per heavy atom. The lowest BCUT2D eigenvalue weighted by atomic mass is 9.91. The molecule has 1 saturated heterocycles. The fraction of sp³-hybridized carbons (Fsp3) is 0.216. The predicted octanol–water partition coefficient (Wildman–Crippen LogP) is 4.64. The first-order valence-electron chi connectivity index (χ1n) is 15.5. The van der Waals surface area contributed by atoms with Crippen molar-refractivity contribution in [3.05, 3.63) is 138 Å². The van der Waals surface area contributed by atoms with Crippen molar-refractivity contribution in [2.45, 2.75) is 23.3 Å². The Balaban J connectivity index is 1.27. The van der Waals surface area contributed by atoms with Gasteiger partial charge in [0.1, 0.15) is 11.8 Å². The lowest BCUT2D eigenvalue weighted by Gasteiger charge is -2.40. The van der Waals surface area contributed by atoms with Crippen molar-refractivity contribution in [3.63, 3.8) is 0 Å². The van der Waals surface area contributed by atoms with E-state index in [4.69, 9.17) is 4.74 Å². The summed E-state index contributed by atoms with van der Waals surface area (Å²) in [6.07, 6.45) is 1.77. The molecule has 6 rings (SSSR count). The number of pyridine rings is 1. The molecule has 240 valence electrons. The number of amides is 2. The molecule has 1 aromatic heterocycles. The summed E-state index contributed by atoms with van der Waals surface area (Å²) < 4.78 is 34.8. The van der Waals surface area contributed by atoms with Gasteiger partial charge in [-0.05, 0) is 53.1 Å². The standard InChI is InChI=1S/C37H36N4O5S/c1-46-31-16-14-27(15-17-31)23-36(42)40-21-22-41(47(44,45)32-18-19-34-30(24-32)13-8-20-38-34)35(26-40)37(43)39-25-33(28-9-4-2-5-10-28)29-11-6-3-7-12-29/h2-20,24,33,35H,21-23,25-26H2,1H3,(H,39,43). The second kappa shape index (κ2) is 14.1. The highest BCUT2D eigenvalue weighted by Gasteiger charge is 2.41. The van der Waals surface area contributed by atoms with E-state index >= 15 is 0 Å². The van der Waals surface area contributed by atoms with E-state index in [1.807, 2.05) is 72.8 Å². The molecule has 0 saturated carbocycles. The van der Waals surface area contributed by atoms with Gasteiger partial charge in [0.15, 0.2) is 0 Å². The van der Waals surface area contributed by atoms with Gasteiger partial charge in [0.05, 0.1) is 23.9 Å². The Kier molecular flexibility index (Phi) is 9.60. The van der Waals surface area contributed by atoms with Crippen LogP contribution in [0.2, 0.25) is 0 Å². The number of aromatic nitrogens is 1. The average molecular weight is 649 g/mol. The van der Waals surface area contributed by atoms with Crippen molar-refractivity contribution in [1.82, 2.24) is 19.5 Å². The zero-order valence-electron chi connectivity index (χ0n) is 26.0. The largest absolute Gasteiger partial charge is 0.497 e. The van der Waals surface area contributed by atoms with E-state index < -0.39 is 22.0 Å². The molecule has 9 nitrogen and oxygen atoms in total. The van der Waals surface area contributed by atoms with Gasteiger partial charge in [-0.25, -0.2) is 8.42 Å². The minimum atomic E-state index is -4.11. The molecule has 47 heavy (non-hydrogen) atoms. The first-order valence-corrected chi connectivity index (χ1v) is 16.9. The van der Waals surface area contributed by atoms with Crippen LogP contribution in [0.5, 0.6) is 5.75 Å². The molecule has 0 radical (unpaired) electrons. The van der Waals surface area contributed by atoms with Gasteiger partial charge in [0.2, 0.25) is 21.8 Å². The Bertz CT molecular complexity index is 1910. The molecule has 0 spiro atoms. The highest BCUT2D eigenvalue weighted by molar-refractivity contribution is 7.89. The van der Waals surface area contributed by atoms with E-state index in [1.54, 1.807) is 54.6 Å². The number of rotatable bonds is 10. The average Bonchev–Trinajstić information content (AvgIpc) is 3.12. The summed E-state index contributed by atoms with van der Waals surface area (Å²) in [7, 11) is -2.53. The molecule has 1 unspecified atom stereocenters. The number of sulfonamides is 1. The highest BCUT2D eigenvalue weighted by Crippen LogP contribution is 2.27. The van der Waals surface area contributed by atoms with Crippen LogP contribution >= 0.6 is 0 Å². The van der Waals surface area contributed by atoms with Crippen LogP contribution in [-0.4, -0.2) is 73.8 Å². The molecule has 10 heteroatoms. The third-order valence-electron chi connectivity index (χ3n) is 8.57. The van der Waals surface area contributed by atoms with Gasteiger partial charge in [0, 0.05) is 43.7 Å². The minimum Gasteiger partial charge on any atom is -0.497 e. The van der Waals surface area contributed by atoms with Crippen LogP contribution in [0.25, 0.3) is 10.9 Å². The number of hydrogen-bond acceptors (Lipinski definition) is 6. The van der Waals surface area contributed by atoms with Gasteiger partial charge >= 0.3 is 0 Å². The summed E-state index contributed by atoms with van der Waals surface area (Å²) in [5.41, 5.74) is 3.51. The molecule has 4 aromatic carbocycles. The fourth-order valence-corrected chi connectivity index (χ4v) is 7.60. The van der Waals surface area contributed by atoms with Crippen LogP contribution in [0.15, 0.2) is 126 Å². The summed E-state index contributed by atoms with van der Waals surface area (Å²) in [5.74, 6) is -0.121. The van der Waals surface area contributed by atoms with Gasteiger partial charge in [-0.15, -0.1) is 0 Å². The smallest absolute Gasteiger partial charge is 0.243 e. The van der Waals surface area contributed by atoms with Crippen molar-refractivity contribution < 1.29 is 22.7 Å². The number of carbonyl (C=O) groups is 2. The molecule has 0 bridgehead atoms. The van der Waals surface area contributed by atoms with Crippen LogP contribution in [0, 0.1) is 0 Å². The Labute approximate surface area is 274 Å². The quantitative estimate of drug-likeness (QED) is 0.237. The number of nitrogens with one attached hydrogen (secondary N) is 1. The monoisotopic (exact) mass is 648 g/mol. The first kappa shape index (κ1) is 31.9. The molecule has 1 atom stereocenters. The molecule has 0 aliphatic carbocycles. The second-order valence-electron chi connectivity index (χ2n) is 11.5. The van der Waals surface area contributed by atoms with Gasteiger partial charge in [-0.3, -0.25) is 14.6 Å². The summed E-state index contributed by atoms with van der Waals surface area (Å²) in [6.45, 7) is 0.305. The molecule has 2 heterocycles. The van der Waals surface area contributed by atoms with Gasteiger partial charge in [-0.1, -0.05) is 78.9 Å². The van der Waals surface area contributed by atoms with Crippen LogP contribution in [-0.2, 0) is 26.0 Å². The normalized spacial score (nSPS) is 15.4. The highest BCUT2D eigenvalue weighted by atomic mass is 32.2. The predicted molar refractivity (Wildman–Crippen MR) is 180 cm³/mol.